The largest absolute Gasteiger partial charge is 0.362 e. The van der Waals surface area contributed by atoms with E-state index in [1.165, 1.54) is 38.5 Å². The molecule has 1 aliphatic carbocycles. The number of thiocarbonyl (C=S) groups is 1. The van der Waals surface area contributed by atoms with E-state index >= 15 is 0 Å². The summed E-state index contributed by atoms with van der Waals surface area (Å²) in [5, 5.41) is 7.55. The lowest BCUT2D eigenvalue weighted by atomic mass is 9.87. The molecule has 3 nitrogen and oxygen atoms in total. The number of aromatic nitrogens is 1. The fraction of sp³-hybridized carbons (Fsp3) is 0.571. The zero-order valence-electron chi connectivity index (χ0n) is 11.0. The average Bonchev–Trinajstić information content (AvgIpc) is 2.43. The molecular formula is C14H20ClN3S. The Bertz CT molecular complexity index is 402. The fourth-order valence-corrected chi connectivity index (χ4v) is 2.79. The molecule has 2 rings (SSSR count). The number of hydrogen-bond acceptors (Lipinski definition) is 2. The number of hydrogen-bond donors (Lipinski definition) is 2. The Kier molecular flexibility index (Phi) is 5.86. The third kappa shape index (κ3) is 5.33. The monoisotopic (exact) mass is 297 g/mol. The first-order valence-electron chi connectivity index (χ1n) is 6.90. The number of nitrogens with one attached hydrogen (secondary N) is 2. The Balaban J connectivity index is 1.65. The third-order valence-corrected chi connectivity index (χ3v) is 4.00. The van der Waals surface area contributed by atoms with E-state index in [0.717, 1.165) is 18.3 Å². The molecule has 1 heterocycles. The van der Waals surface area contributed by atoms with Crippen molar-refractivity contribution < 1.29 is 0 Å². The first kappa shape index (κ1) is 14.5. The van der Waals surface area contributed by atoms with Gasteiger partial charge in [-0.05, 0) is 36.7 Å². The lowest BCUT2D eigenvalue weighted by Crippen LogP contribution is -2.30. The number of nitrogens with zero attached hydrogens (tertiary/aromatic N) is 1. The lowest BCUT2D eigenvalue weighted by molar-refractivity contribution is 0.339. The highest BCUT2D eigenvalue weighted by atomic mass is 35.5. The van der Waals surface area contributed by atoms with E-state index in [9.17, 15) is 0 Å². The van der Waals surface area contributed by atoms with Gasteiger partial charge >= 0.3 is 0 Å². The van der Waals surface area contributed by atoms with Gasteiger partial charge in [0.15, 0.2) is 5.11 Å². The predicted octanol–water partition coefficient (Wildman–Crippen LogP) is 3.99. The molecular weight excluding hydrogens is 278 g/mol. The molecule has 0 spiro atoms. The van der Waals surface area contributed by atoms with E-state index in [1.54, 1.807) is 12.3 Å². The van der Waals surface area contributed by atoms with Crippen LogP contribution in [0.15, 0.2) is 18.3 Å². The van der Waals surface area contributed by atoms with Crippen LogP contribution in [0.4, 0.5) is 5.82 Å². The average molecular weight is 298 g/mol. The summed E-state index contributed by atoms with van der Waals surface area (Å²) in [6.07, 6.45) is 9.75. The molecule has 1 aromatic rings. The molecule has 1 aromatic heterocycles. The van der Waals surface area contributed by atoms with Gasteiger partial charge in [0.2, 0.25) is 0 Å². The summed E-state index contributed by atoms with van der Waals surface area (Å²) in [5.74, 6) is 1.59. The maximum atomic E-state index is 5.78. The molecule has 0 atom stereocenters. The Morgan fingerprint density at radius 1 is 1.32 bits per heavy atom. The van der Waals surface area contributed by atoms with Gasteiger partial charge in [0, 0.05) is 12.7 Å². The van der Waals surface area contributed by atoms with Crippen molar-refractivity contribution in [2.45, 2.75) is 38.5 Å². The molecule has 104 valence electrons. The summed E-state index contributed by atoms with van der Waals surface area (Å²) in [6, 6.07) is 3.61. The molecule has 2 N–H and O–H groups in total. The standard InChI is InChI=1S/C14H20ClN3S/c15-12-6-7-13(17-10-12)18-14(19)16-9-8-11-4-2-1-3-5-11/h6-7,10-11H,1-5,8-9H2,(H2,16,17,18,19). The van der Waals surface area contributed by atoms with Gasteiger partial charge < -0.3 is 10.6 Å². The van der Waals surface area contributed by atoms with Gasteiger partial charge in [0.1, 0.15) is 5.82 Å². The van der Waals surface area contributed by atoms with E-state index in [4.69, 9.17) is 23.8 Å². The topological polar surface area (TPSA) is 37.0 Å². The van der Waals surface area contributed by atoms with Crippen molar-refractivity contribution in [1.29, 1.82) is 0 Å². The molecule has 0 bridgehead atoms. The SMILES string of the molecule is S=C(NCCC1CCCCC1)Nc1ccc(Cl)cn1. The van der Waals surface area contributed by atoms with Gasteiger partial charge in [-0.1, -0.05) is 43.7 Å². The Morgan fingerprint density at radius 3 is 2.79 bits per heavy atom. The fourth-order valence-electron chi connectivity index (χ4n) is 2.48. The summed E-state index contributed by atoms with van der Waals surface area (Å²) in [4.78, 5) is 4.15. The second-order valence-electron chi connectivity index (χ2n) is 5.04. The van der Waals surface area contributed by atoms with Crippen molar-refractivity contribution in [3.8, 4) is 0 Å². The van der Waals surface area contributed by atoms with Crippen LogP contribution in [0, 0.1) is 5.92 Å². The Morgan fingerprint density at radius 2 is 2.11 bits per heavy atom. The highest BCUT2D eigenvalue weighted by Crippen LogP contribution is 2.25. The zero-order valence-corrected chi connectivity index (χ0v) is 12.6. The highest BCUT2D eigenvalue weighted by molar-refractivity contribution is 7.80. The van der Waals surface area contributed by atoms with Crippen LogP contribution in [0.2, 0.25) is 5.02 Å². The molecule has 0 amide bonds. The van der Waals surface area contributed by atoms with Crippen molar-refractivity contribution >= 4 is 34.7 Å². The molecule has 0 unspecified atom stereocenters. The maximum Gasteiger partial charge on any atom is 0.171 e. The third-order valence-electron chi connectivity index (χ3n) is 3.53. The van der Waals surface area contributed by atoms with Gasteiger partial charge in [-0.25, -0.2) is 4.98 Å². The summed E-state index contributed by atoms with van der Waals surface area (Å²) in [6.45, 7) is 0.935. The maximum absolute atomic E-state index is 5.78. The quantitative estimate of drug-likeness (QED) is 0.824. The van der Waals surface area contributed by atoms with Gasteiger partial charge in [0.25, 0.3) is 0 Å². The molecule has 1 saturated carbocycles. The molecule has 1 aliphatic rings. The number of anilines is 1. The normalized spacial score (nSPS) is 16.1. The zero-order chi connectivity index (χ0) is 13.5. The van der Waals surface area contributed by atoms with Crippen molar-refractivity contribution in [3.05, 3.63) is 23.4 Å². The first-order chi connectivity index (χ1) is 9.24. The van der Waals surface area contributed by atoms with Crippen LogP contribution in [-0.4, -0.2) is 16.6 Å². The van der Waals surface area contributed by atoms with E-state index < -0.39 is 0 Å². The molecule has 1 fully saturated rings. The van der Waals surface area contributed by atoms with Crippen LogP contribution in [0.5, 0.6) is 0 Å². The van der Waals surface area contributed by atoms with Gasteiger partial charge in [-0.2, -0.15) is 0 Å². The number of halogens is 1. The Hall–Kier alpha value is -0.870. The van der Waals surface area contributed by atoms with Crippen molar-refractivity contribution in [1.82, 2.24) is 10.3 Å². The van der Waals surface area contributed by atoms with E-state index in [-0.39, 0.29) is 0 Å². The molecule has 19 heavy (non-hydrogen) atoms. The smallest absolute Gasteiger partial charge is 0.171 e. The van der Waals surface area contributed by atoms with Crippen molar-refractivity contribution in [2.24, 2.45) is 5.92 Å². The highest BCUT2D eigenvalue weighted by Gasteiger charge is 2.12. The van der Waals surface area contributed by atoms with Crippen LogP contribution in [0.1, 0.15) is 38.5 Å². The molecule has 0 aliphatic heterocycles. The van der Waals surface area contributed by atoms with E-state index in [0.29, 0.717) is 10.1 Å². The van der Waals surface area contributed by atoms with E-state index in [2.05, 4.69) is 15.6 Å². The van der Waals surface area contributed by atoms with Gasteiger partial charge in [-0.3, -0.25) is 0 Å². The molecule has 0 radical (unpaired) electrons. The van der Waals surface area contributed by atoms with Gasteiger partial charge in [0.05, 0.1) is 5.02 Å². The van der Waals surface area contributed by atoms with Crippen LogP contribution < -0.4 is 10.6 Å². The summed E-state index contributed by atoms with van der Waals surface area (Å²) >= 11 is 11.0. The predicted molar refractivity (Wildman–Crippen MR) is 84.7 cm³/mol. The van der Waals surface area contributed by atoms with E-state index in [1.807, 2.05) is 6.07 Å². The number of rotatable bonds is 4. The van der Waals surface area contributed by atoms with Crippen molar-refractivity contribution in [2.75, 3.05) is 11.9 Å². The lowest BCUT2D eigenvalue weighted by Gasteiger charge is -2.21. The minimum absolute atomic E-state index is 0.627. The summed E-state index contributed by atoms with van der Waals surface area (Å²) in [7, 11) is 0. The number of pyridine rings is 1. The van der Waals surface area contributed by atoms with Crippen LogP contribution >= 0.6 is 23.8 Å². The van der Waals surface area contributed by atoms with Crippen molar-refractivity contribution in [3.63, 3.8) is 0 Å². The second-order valence-corrected chi connectivity index (χ2v) is 5.88. The second kappa shape index (κ2) is 7.65. The summed E-state index contributed by atoms with van der Waals surface area (Å²) in [5.41, 5.74) is 0. The van der Waals surface area contributed by atoms with Gasteiger partial charge in [-0.15, -0.1) is 0 Å². The van der Waals surface area contributed by atoms with Crippen LogP contribution in [-0.2, 0) is 0 Å². The molecule has 5 heteroatoms. The molecule has 0 aromatic carbocycles. The molecule has 0 saturated heterocycles. The minimum Gasteiger partial charge on any atom is -0.362 e. The van der Waals surface area contributed by atoms with Crippen LogP contribution in [0.25, 0.3) is 0 Å². The van der Waals surface area contributed by atoms with Crippen LogP contribution in [0.3, 0.4) is 0 Å². The first-order valence-corrected chi connectivity index (χ1v) is 7.69. The summed E-state index contributed by atoms with van der Waals surface area (Å²) < 4.78 is 0. The Labute approximate surface area is 125 Å². The minimum atomic E-state index is 0.627.